The van der Waals surface area contributed by atoms with Crippen LogP contribution in [0.4, 0.5) is 0 Å². The molecule has 2 heterocycles. The molecule has 1 aromatic carbocycles. The Morgan fingerprint density at radius 3 is 2.69 bits per heavy atom. The Labute approximate surface area is 171 Å². The highest BCUT2D eigenvalue weighted by molar-refractivity contribution is 8.16. The van der Waals surface area contributed by atoms with Crippen molar-refractivity contribution >= 4 is 46.5 Å². The number of halogens is 1. The molecule has 0 unspecified atom stereocenters. The van der Waals surface area contributed by atoms with Crippen molar-refractivity contribution in [1.82, 2.24) is 4.98 Å². The van der Waals surface area contributed by atoms with E-state index >= 15 is 0 Å². The predicted octanol–water partition coefficient (Wildman–Crippen LogP) is 6.76. The lowest BCUT2D eigenvalue weighted by Crippen LogP contribution is -1.95. The van der Waals surface area contributed by atoms with Crippen molar-refractivity contribution in [2.45, 2.75) is 11.4 Å². The molecule has 26 heavy (non-hydrogen) atoms. The fraction of sp³-hybridized carbons (Fsp3) is 0.200. The summed E-state index contributed by atoms with van der Waals surface area (Å²) in [5.74, 6) is 1.71. The molecule has 0 amide bonds. The summed E-state index contributed by atoms with van der Waals surface area (Å²) in [7, 11) is 0. The number of aromatic nitrogens is 1. The summed E-state index contributed by atoms with van der Waals surface area (Å²) in [6.45, 7) is 0. The molecule has 0 atom stereocenters. The lowest BCUT2D eigenvalue weighted by molar-refractivity contribution is 1.12. The van der Waals surface area contributed by atoms with E-state index in [9.17, 15) is 5.26 Å². The van der Waals surface area contributed by atoms with Crippen molar-refractivity contribution in [2.75, 3.05) is 16.7 Å². The Hall–Kier alpha value is -1.45. The summed E-state index contributed by atoms with van der Waals surface area (Å²) in [5, 5.41) is 13.5. The van der Waals surface area contributed by atoms with E-state index in [2.05, 4.69) is 12.1 Å². The van der Waals surface area contributed by atoms with E-state index in [0.717, 1.165) is 44.0 Å². The van der Waals surface area contributed by atoms with Gasteiger partial charge in [-0.15, -0.1) is 22.9 Å². The van der Waals surface area contributed by atoms with E-state index in [0.29, 0.717) is 11.4 Å². The Morgan fingerprint density at radius 2 is 2.00 bits per heavy atom. The van der Waals surface area contributed by atoms with Crippen LogP contribution in [0.25, 0.3) is 21.7 Å². The third-order valence-electron chi connectivity index (χ3n) is 3.66. The number of nitriles is 1. The van der Waals surface area contributed by atoms with Gasteiger partial charge in [-0.3, -0.25) is 0 Å². The first-order valence-corrected chi connectivity index (χ1v) is 11.7. The van der Waals surface area contributed by atoms with Crippen LogP contribution in [-0.4, -0.2) is 21.7 Å². The summed E-state index contributed by atoms with van der Waals surface area (Å²) in [4.78, 5) is 5.92. The van der Waals surface area contributed by atoms with E-state index in [1.54, 1.807) is 23.1 Å². The topological polar surface area (TPSA) is 36.7 Å². The number of thiophene rings is 1. The van der Waals surface area contributed by atoms with Crippen LogP contribution in [-0.2, 0) is 0 Å². The van der Waals surface area contributed by atoms with Gasteiger partial charge in [0.05, 0.1) is 16.1 Å². The minimum atomic E-state index is 0.652. The molecule has 0 aliphatic heterocycles. The van der Waals surface area contributed by atoms with Crippen LogP contribution in [0.5, 0.6) is 0 Å². The average Bonchev–Trinajstić information content (AvgIpc) is 3.22. The van der Waals surface area contributed by atoms with Crippen LogP contribution < -0.4 is 0 Å². The highest BCUT2D eigenvalue weighted by Crippen LogP contribution is 2.36. The van der Waals surface area contributed by atoms with E-state index in [1.807, 2.05) is 59.6 Å². The summed E-state index contributed by atoms with van der Waals surface area (Å²) in [6.07, 6.45) is 0.996. The minimum absolute atomic E-state index is 0.652. The summed E-state index contributed by atoms with van der Waals surface area (Å²) >= 11 is 10.9. The zero-order valence-electron chi connectivity index (χ0n) is 14.0. The van der Waals surface area contributed by atoms with Gasteiger partial charge in [0.1, 0.15) is 11.1 Å². The number of thioether (sulfide) groups is 2. The van der Waals surface area contributed by atoms with Gasteiger partial charge in [0.15, 0.2) is 0 Å². The SMILES string of the molecule is N#Cc1c(-c2ccccc2)cc(-c2cccs2)nc1SCSCCCCl. The number of hydrogen-bond donors (Lipinski definition) is 0. The van der Waals surface area contributed by atoms with Crippen molar-refractivity contribution < 1.29 is 0 Å². The second-order valence-corrected chi connectivity index (χ2v) is 9.16. The third-order valence-corrected chi connectivity index (χ3v) is 7.10. The number of nitrogens with zero attached hydrogens (tertiary/aromatic N) is 2. The highest BCUT2D eigenvalue weighted by Gasteiger charge is 2.16. The number of hydrogen-bond acceptors (Lipinski definition) is 5. The fourth-order valence-electron chi connectivity index (χ4n) is 2.44. The minimum Gasteiger partial charge on any atom is -0.239 e. The van der Waals surface area contributed by atoms with Crippen LogP contribution in [0.2, 0.25) is 0 Å². The summed E-state index contributed by atoms with van der Waals surface area (Å²) in [5.41, 5.74) is 3.56. The van der Waals surface area contributed by atoms with Crippen LogP contribution in [0.3, 0.4) is 0 Å². The van der Waals surface area contributed by atoms with E-state index in [-0.39, 0.29) is 0 Å². The Balaban J connectivity index is 1.98. The molecule has 2 aromatic heterocycles. The molecule has 2 nitrogen and oxygen atoms in total. The second kappa shape index (κ2) is 10.0. The number of benzene rings is 1. The zero-order chi connectivity index (χ0) is 18.2. The largest absolute Gasteiger partial charge is 0.239 e. The average molecular weight is 417 g/mol. The molecule has 0 fully saturated rings. The smallest absolute Gasteiger partial charge is 0.116 e. The maximum Gasteiger partial charge on any atom is 0.116 e. The molecule has 0 saturated carbocycles. The molecule has 0 aliphatic rings. The molecule has 3 rings (SSSR count). The van der Waals surface area contributed by atoms with Crippen molar-refractivity contribution in [3.63, 3.8) is 0 Å². The van der Waals surface area contributed by atoms with Gasteiger partial charge in [-0.05, 0) is 35.2 Å². The highest BCUT2D eigenvalue weighted by atomic mass is 35.5. The van der Waals surface area contributed by atoms with Crippen molar-refractivity contribution in [3.8, 4) is 27.8 Å². The van der Waals surface area contributed by atoms with E-state index in [4.69, 9.17) is 16.6 Å². The fourth-order valence-corrected chi connectivity index (χ4v) is 5.48. The molecule has 0 bridgehead atoms. The first kappa shape index (κ1) is 19.3. The Morgan fingerprint density at radius 1 is 1.15 bits per heavy atom. The second-order valence-electron chi connectivity index (χ2n) is 5.40. The molecule has 6 heteroatoms. The normalized spacial score (nSPS) is 10.6. The molecule has 0 spiro atoms. The number of pyridine rings is 1. The lowest BCUT2D eigenvalue weighted by atomic mass is 10.0. The summed E-state index contributed by atoms with van der Waals surface area (Å²) in [6, 6.07) is 18.6. The van der Waals surface area contributed by atoms with Crippen LogP contribution >= 0.6 is 46.5 Å². The van der Waals surface area contributed by atoms with Crippen LogP contribution in [0.15, 0.2) is 58.9 Å². The molecular formula is C20H17ClN2S3. The number of alkyl halides is 1. The van der Waals surface area contributed by atoms with Gasteiger partial charge in [-0.25, -0.2) is 4.98 Å². The van der Waals surface area contributed by atoms with E-state index < -0.39 is 0 Å². The van der Waals surface area contributed by atoms with Crippen LogP contribution in [0, 0.1) is 11.3 Å². The van der Waals surface area contributed by atoms with Gasteiger partial charge in [-0.2, -0.15) is 17.0 Å². The Bertz CT molecular complexity index is 874. The molecule has 132 valence electrons. The molecule has 0 radical (unpaired) electrons. The van der Waals surface area contributed by atoms with Gasteiger partial charge >= 0.3 is 0 Å². The Kier molecular flexibility index (Phi) is 7.45. The monoisotopic (exact) mass is 416 g/mol. The molecule has 0 N–H and O–H groups in total. The van der Waals surface area contributed by atoms with Crippen molar-refractivity contribution in [3.05, 3.63) is 59.5 Å². The lowest BCUT2D eigenvalue weighted by Gasteiger charge is -2.11. The first-order valence-electron chi connectivity index (χ1n) is 8.14. The standard InChI is InChI=1S/C20H17ClN2S3/c21-9-5-10-24-14-26-20-17(13-22)16(15-6-2-1-3-7-15)12-18(23-20)19-8-4-11-25-19/h1-4,6-8,11-12H,5,9-10,14H2. The molecule has 0 aliphatic carbocycles. The number of rotatable bonds is 8. The van der Waals surface area contributed by atoms with Gasteiger partial charge in [0, 0.05) is 16.5 Å². The third kappa shape index (κ3) is 4.83. The van der Waals surface area contributed by atoms with Gasteiger partial charge < -0.3 is 0 Å². The molecule has 0 saturated heterocycles. The van der Waals surface area contributed by atoms with Gasteiger partial charge in [0.25, 0.3) is 0 Å². The maximum absolute atomic E-state index is 9.80. The molecular weight excluding hydrogens is 400 g/mol. The van der Waals surface area contributed by atoms with Crippen molar-refractivity contribution in [2.24, 2.45) is 0 Å². The van der Waals surface area contributed by atoms with Crippen molar-refractivity contribution in [1.29, 1.82) is 5.26 Å². The van der Waals surface area contributed by atoms with Crippen LogP contribution in [0.1, 0.15) is 12.0 Å². The maximum atomic E-state index is 9.80. The van der Waals surface area contributed by atoms with Gasteiger partial charge in [-0.1, -0.05) is 48.2 Å². The quantitative estimate of drug-likeness (QED) is 0.176. The predicted molar refractivity (Wildman–Crippen MR) is 116 cm³/mol. The molecule has 3 aromatic rings. The zero-order valence-corrected chi connectivity index (χ0v) is 17.2. The van der Waals surface area contributed by atoms with Gasteiger partial charge in [0.2, 0.25) is 0 Å². The first-order chi connectivity index (χ1) is 12.8. The summed E-state index contributed by atoms with van der Waals surface area (Å²) < 4.78 is 0. The van der Waals surface area contributed by atoms with E-state index in [1.165, 1.54) is 0 Å².